The van der Waals surface area contributed by atoms with Gasteiger partial charge in [-0.1, -0.05) is 435 Å². The first-order valence-electron chi connectivity index (χ1n) is 43.4. The van der Waals surface area contributed by atoms with E-state index >= 15 is 0 Å². The fraction of sp³-hybridized carbons (Fsp3) is 0.888. The average molecular weight is 1330 g/mol. The molecule has 0 aromatic heterocycles. The first-order chi connectivity index (χ1) is 47.0. The number of aliphatic hydroxyl groups is 2. The number of hydrogen-bond acceptors (Lipinski definition) is 5. The van der Waals surface area contributed by atoms with Gasteiger partial charge in [0, 0.05) is 12.8 Å². The van der Waals surface area contributed by atoms with Crippen LogP contribution in [0.25, 0.3) is 0 Å². The Morgan fingerprint density at radius 2 is 0.537 bits per heavy atom. The Morgan fingerprint density at radius 1 is 0.295 bits per heavy atom. The van der Waals surface area contributed by atoms with Gasteiger partial charge in [0.25, 0.3) is 0 Å². The van der Waals surface area contributed by atoms with Gasteiger partial charge >= 0.3 is 5.97 Å². The highest BCUT2D eigenvalue weighted by Gasteiger charge is 2.18. The van der Waals surface area contributed by atoms with Crippen molar-refractivity contribution < 1.29 is 24.5 Å². The van der Waals surface area contributed by atoms with Crippen molar-refractivity contribution in [3.05, 3.63) is 48.6 Å². The highest BCUT2D eigenvalue weighted by molar-refractivity contribution is 5.76. The zero-order valence-corrected chi connectivity index (χ0v) is 64.4. The number of amides is 1. The van der Waals surface area contributed by atoms with E-state index in [2.05, 4.69) is 55.6 Å². The molecule has 0 saturated heterocycles. The van der Waals surface area contributed by atoms with Gasteiger partial charge in [-0.2, -0.15) is 0 Å². The van der Waals surface area contributed by atoms with Crippen molar-refractivity contribution in [2.75, 3.05) is 13.2 Å². The van der Waals surface area contributed by atoms with Gasteiger partial charge in [-0.3, -0.25) is 9.59 Å². The molecule has 0 rings (SSSR count). The average Bonchev–Trinajstić information content (AvgIpc) is 3.11. The predicted octanol–water partition coefficient (Wildman–Crippen LogP) is 29.1. The summed E-state index contributed by atoms with van der Waals surface area (Å²) in [6, 6.07) is -0.627. The fourth-order valence-corrected chi connectivity index (χ4v) is 13.7. The predicted molar refractivity (Wildman–Crippen MR) is 421 cm³/mol. The topological polar surface area (TPSA) is 95.9 Å². The lowest BCUT2D eigenvalue weighted by atomic mass is 10.0. The third-order valence-electron chi connectivity index (χ3n) is 20.3. The van der Waals surface area contributed by atoms with E-state index in [1.54, 1.807) is 6.08 Å². The Kier molecular flexibility index (Phi) is 82.3. The number of hydrogen-bond donors (Lipinski definition) is 3. The first kappa shape index (κ1) is 92.8. The minimum absolute atomic E-state index is 0.00814. The summed E-state index contributed by atoms with van der Waals surface area (Å²) in [5.74, 6) is -0.0501. The molecule has 1 amide bonds. The number of carbonyl (C=O) groups is 2. The molecular weight excluding hydrogens is 1160 g/mol. The van der Waals surface area contributed by atoms with Crippen LogP contribution < -0.4 is 5.32 Å². The van der Waals surface area contributed by atoms with Gasteiger partial charge in [0.2, 0.25) is 5.91 Å². The molecule has 6 heteroatoms. The van der Waals surface area contributed by atoms with Crippen LogP contribution in [0.4, 0.5) is 0 Å². The number of carbonyl (C=O) groups excluding carboxylic acids is 2. The van der Waals surface area contributed by atoms with Gasteiger partial charge < -0.3 is 20.3 Å². The van der Waals surface area contributed by atoms with E-state index in [1.807, 2.05) is 6.08 Å². The molecule has 2 unspecified atom stereocenters. The number of unbranched alkanes of at least 4 members (excludes halogenated alkanes) is 65. The molecule has 2 atom stereocenters. The molecule has 0 aromatic rings. The maximum atomic E-state index is 12.6. The molecule has 0 spiro atoms. The molecule has 6 nitrogen and oxygen atoms in total. The van der Waals surface area contributed by atoms with Crippen LogP contribution in [0.1, 0.15) is 483 Å². The van der Waals surface area contributed by atoms with E-state index in [0.717, 1.165) is 51.4 Å². The lowest BCUT2D eigenvalue weighted by molar-refractivity contribution is -0.143. The van der Waals surface area contributed by atoms with Gasteiger partial charge in [-0.25, -0.2) is 0 Å². The number of rotatable bonds is 82. The van der Waals surface area contributed by atoms with E-state index in [4.69, 9.17) is 4.74 Å². The van der Waals surface area contributed by atoms with Crippen molar-refractivity contribution in [2.24, 2.45) is 0 Å². The van der Waals surface area contributed by atoms with Crippen molar-refractivity contribution in [1.29, 1.82) is 0 Å². The molecular formula is C89H169NO5. The second-order valence-corrected chi connectivity index (χ2v) is 29.9. The van der Waals surface area contributed by atoms with Gasteiger partial charge in [0.15, 0.2) is 0 Å². The molecule has 0 radical (unpaired) electrons. The van der Waals surface area contributed by atoms with E-state index < -0.39 is 12.1 Å². The van der Waals surface area contributed by atoms with Crippen molar-refractivity contribution in [3.63, 3.8) is 0 Å². The SMILES string of the molecule is CCCC/C=C\C/C=C\CCCCCCCC(=O)OCCCCCCCCCCCCCCCCCCCC/C=C\CCCCCCCCCCCCCCCCCCCC(=O)NC(CO)C(O)/C=C/CCCCCCCCCCCCCCCCCCCCCCCCC. The zero-order chi connectivity index (χ0) is 68.4. The molecule has 0 aliphatic rings. The minimum Gasteiger partial charge on any atom is -0.466 e. The standard InChI is InChI=1S/C89H169NO5/c1-3-5-7-9-11-13-15-17-19-20-21-22-23-39-42-45-48-51-54-57-61-65-69-73-77-81-87(92)86(85-91)90-88(93)82-78-74-70-66-62-58-55-52-49-46-43-40-37-35-33-31-29-27-25-24-26-28-30-32-34-36-38-41-44-47-50-53-56-60-64-68-72-76-80-84-95-89(94)83-79-75-71-67-63-59-18-16-14-12-10-8-6-4-2/h10,12,16,18,24-25,77,81,86-87,91-92H,3-9,11,13-15,17,19-23,26-76,78-80,82-85H2,1-2H3,(H,90,93)/b12-10-,18-16-,25-24-,81-77+. The highest BCUT2D eigenvalue weighted by atomic mass is 16.5. The number of ether oxygens (including phenoxy) is 1. The molecule has 0 aromatic carbocycles. The Hall–Kier alpha value is -2.18. The Balaban J connectivity index is 3.36. The molecule has 560 valence electrons. The van der Waals surface area contributed by atoms with Crippen molar-refractivity contribution in [1.82, 2.24) is 5.32 Å². The number of esters is 1. The number of allylic oxidation sites excluding steroid dienone is 7. The Bertz CT molecular complexity index is 1590. The molecule has 0 fully saturated rings. The van der Waals surface area contributed by atoms with Crippen molar-refractivity contribution >= 4 is 11.9 Å². The van der Waals surface area contributed by atoms with E-state index in [9.17, 15) is 19.8 Å². The van der Waals surface area contributed by atoms with Gasteiger partial charge in [0.1, 0.15) is 0 Å². The Labute approximate surface area is 595 Å². The molecule has 0 saturated carbocycles. The Morgan fingerprint density at radius 3 is 0.842 bits per heavy atom. The highest BCUT2D eigenvalue weighted by Crippen LogP contribution is 2.20. The molecule has 3 N–H and O–H groups in total. The molecule has 95 heavy (non-hydrogen) atoms. The van der Waals surface area contributed by atoms with Gasteiger partial charge in [0.05, 0.1) is 25.4 Å². The van der Waals surface area contributed by atoms with Crippen LogP contribution in [0.5, 0.6) is 0 Å². The third-order valence-corrected chi connectivity index (χ3v) is 20.3. The molecule has 0 aliphatic carbocycles. The van der Waals surface area contributed by atoms with E-state index in [0.29, 0.717) is 19.4 Å². The second kappa shape index (κ2) is 84.2. The van der Waals surface area contributed by atoms with Crippen LogP contribution in [0.3, 0.4) is 0 Å². The minimum atomic E-state index is -0.844. The zero-order valence-electron chi connectivity index (χ0n) is 64.4. The maximum Gasteiger partial charge on any atom is 0.305 e. The van der Waals surface area contributed by atoms with Crippen LogP contribution in [-0.2, 0) is 14.3 Å². The summed E-state index contributed by atoms with van der Waals surface area (Å²) in [5, 5.41) is 23.3. The normalized spacial score (nSPS) is 12.7. The smallest absolute Gasteiger partial charge is 0.305 e. The molecule has 0 aliphatic heterocycles. The summed E-state index contributed by atoms with van der Waals surface area (Å²) < 4.78 is 5.49. The monoisotopic (exact) mass is 1330 g/mol. The van der Waals surface area contributed by atoms with Crippen molar-refractivity contribution in [2.45, 2.75) is 495 Å². The van der Waals surface area contributed by atoms with E-state index in [-0.39, 0.29) is 18.5 Å². The lowest BCUT2D eigenvalue weighted by Crippen LogP contribution is -2.45. The lowest BCUT2D eigenvalue weighted by Gasteiger charge is -2.20. The molecule has 0 heterocycles. The van der Waals surface area contributed by atoms with E-state index in [1.165, 1.54) is 405 Å². The fourth-order valence-electron chi connectivity index (χ4n) is 13.7. The largest absolute Gasteiger partial charge is 0.466 e. The third kappa shape index (κ3) is 80.7. The number of aliphatic hydroxyl groups excluding tert-OH is 2. The summed E-state index contributed by atoms with van der Waals surface area (Å²) >= 11 is 0. The molecule has 0 bridgehead atoms. The second-order valence-electron chi connectivity index (χ2n) is 29.9. The van der Waals surface area contributed by atoms with Crippen LogP contribution in [0, 0.1) is 0 Å². The first-order valence-corrected chi connectivity index (χ1v) is 43.4. The van der Waals surface area contributed by atoms with Crippen LogP contribution in [-0.4, -0.2) is 47.4 Å². The summed E-state index contributed by atoms with van der Waals surface area (Å²) in [7, 11) is 0. The van der Waals surface area contributed by atoms with Crippen LogP contribution >= 0.6 is 0 Å². The number of nitrogens with one attached hydrogen (secondary N) is 1. The summed E-state index contributed by atoms with van der Waals surface area (Å²) in [4.78, 5) is 24.6. The summed E-state index contributed by atoms with van der Waals surface area (Å²) in [6.07, 6.45) is 113. The van der Waals surface area contributed by atoms with Crippen LogP contribution in [0.15, 0.2) is 48.6 Å². The summed E-state index contributed by atoms with van der Waals surface area (Å²) in [5.41, 5.74) is 0. The maximum absolute atomic E-state index is 12.6. The van der Waals surface area contributed by atoms with Gasteiger partial charge in [-0.05, 0) is 83.5 Å². The van der Waals surface area contributed by atoms with Gasteiger partial charge in [-0.15, -0.1) is 0 Å². The quantitative estimate of drug-likeness (QED) is 0.0320. The summed E-state index contributed by atoms with van der Waals surface area (Å²) in [6.45, 7) is 4.91. The van der Waals surface area contributed by atoms with Crippen molar-refractivity contribution in [3.8, 4) is 0 Å². The van der Waals surface area contributed by atoms with Crippen LogP contribution in [0.2, 0.25) is 0 Å².